The second-order valence-corrected chi connectivity index (χ2v) is 6.09. The Bertz CT molecular complexity index is 876. The van der Waals surface area contributed by atoms with E-state index in [1.54, 1.807) is 23.9 Å². The first-order valence-electron chi connectivity index (χ1n) is 7.30. The fourth-order valence-corrected chi connectivity index (χ4v) is 2.76. The maximum absolute atomic E-state index is 13.1. The summed E-state index contributed by atoms with van der Waals surface area (Å²) in [5.41, 5.74) is 0.672. The molecule has 2 aromatic carbocycles. The molecule has 2 aromatic rings. The van der Waals surface area contributed by atoms with Crippen molar-refractivity contribution in [3.05, 3.63) is 65.5 Å². The van der Waals surface area contributed by atoms with E-state index in [1.165, 1.54) is 18.2 Å². The number of imide groups is 2. The number of hydrogen-bond acceptors (Lipinski definition) is 4. The molecule has 0 bridgehead atoms. The predicted molar refractivity (Wildman–Crippen MR) is 93.6 cm³/mol. The first-order chi connectivity index (χ1) is 12.0. The lowest BCUT2D eigenvalue weighted by molar-refractivity contribution is -0.122. The number of nitrogens with one attached hydrogen (secondary N) is 1. The van der Waals surface area contributed by atoms with Gasteiger partial charge in [-0.05, 0) is 54.3 Å². The minimum absolute atomic E-state index is 0.166. The number of urea groups is 1. The Balaban J connectivity index is 1.97. The Morgan fingerprint density at radius 2 is 1.64 bits per heavy atom. The lowest BCUT2D eigenvalue weighted by Gasteiger charge is -2.26. The number of rotatable bonds is 3. The summed E-state index contributed by atoms with van der Waals surface area (Å²) in [6, 6.07) is 11.3. The highest BCUT2D eigenvalue weighted by Crippen LogP contribution is 2.23. The van der Waals surface area contributed by atoms with Gasteiger partial charge in [0.05, 0.1) is 5.69 Å². The number of carbonyl (C=O) groups excluding carboxylic acids is 3. The number of benzene rings is 2. The van der Waals surface area contributed by atoms with E-state index >= 15 is 0 Å². The van der Waals surface area contributed by atoms with Gasteiger partial charge in [-0.25, -0.2) is 14.1 Å². The molecule has 1 aliphatic rings. The lowest BCUT2D eigenvalue weighted by Crippen LogP contribution is -2.54. The van der Waals surface area contributed by atoms with Crippen molar-refractivity contribution < 1.29 is 18.8 Å². The van der Waals surface area contributed by atoms with Crippen molar-refractivity contribution in [2.45, 2.75) is 4.90 Å². The molecular formula is C18H13FN2O3S. The summed E-state index contributed by atoms with van der Waals surface area (Å²) in [5.74, 6) is -2.01. The van der Waals surface area contributed by atoms with E-state index in [0.29, 0.717) is 5.56 Å². The second kappa shape index (κ2) is 6.90. The molecule has 126 valence electrons. The molecule has 7 heteroatoms. The van der Waals surface area contributed by atoms with Crippen molar-refractivity contribution in [1.82, 2.24) is 5.32 Å². The van der Waals surface area contributed by atoms with Crippen LogP contribution in [0.3, 0.4) is 0 Å². The third kappa shape index (κ3) is 3.46. The van der Waals surface area contributed by atoms with Gasteiger partial charge in [-0.2, -0.15) is 0 Å². The van der Waals surface area contributed by atoms with Gasteiger partial charge in [-0.1, -0.05) is 12.1 Å². The number of halogens is 1. The number of nitrogens with zero attached hydrogens (tertiary/aromatic N) is 1. The summed E-state index contributed by atoms with van der Waals surface area (Å²) in [7, 11) is 0. The van der Waals surface area contributed by atoms with E-state index in [4.69, 9.17) is 0 Å². The van der Waals surface area contributed by atoms with Crippen LogP contribution in [0.4, 0.5) is 14.9 Å². The van der Waals surface area contributed by atoms with Crippen LogP contribution >= 0.6 is 11.8 Å². The first kappa shape index (κ1) is 16.9. The minimum Gasteiger partial charge on any atom is -0.273 e. The van der Waals surface area contributed by atoms with Gasteiger partial charge in [0.15, 0.2) is 0 Å². The molecule has 4 amide bonds. The van der Waals surface area contributed by atoms with Crippen molar-refractivity contribution in [1.29, 1.82) is 0 Å². The zero-order chi connectivity index (χ0) is 18.0. The van der Waals surface area contributed by atoms with E-state index in [-0.39, 0.29) is 11.3 Å². The Morgan fingerprint density at radius 3 is 2.24 bits per heavy atom. The molecule has 1 saturated heterocycles. The number of hydrogen-bond donors (Lipinski definition) is 1. The maximum atomic E-state index is 13.1. The highest BCUT2D eigenvalue weighted by molar-refractivity contribution is 7.98. The van der Waals surface area contributed by atoms with Gasteiger partial charge < -0.3 is 0 Å². The molecule has 1 heterocycles. The molecule has 0 atom stereocenters. The highest BCUT2D eigenvalue weighted by Gasteiger charge is 2.36. The average molecular weight is 356 g/mol. The fourth-order valence-electron chi connectivity index (χ4n) is 2.35. The van der Waals surface area contributed by atoms with Crippen LogP contribution in [0.1, 0.15) is 5.56 Å². The Labute approximate surface area is 147 Å². The number of barbiturate groups is 1. The van der Waals surface area contributed by atoms with Gasteiger partial charge >= 0.3 is 6.03 Å². The summed E-state index contributed by atoms with van der Waals surface area (Å²) in [5, 5.41) is 2.13. The summed E-state index contributed by atoms with van der Waals surface area (Å²) in [6.07, 6.45) is 3.36. The Kier molecular flexibility index (Phi) is 4.67. The third-order valence-electron chi connectivity index (χ3n) is 3.61. The summed E-state index contributed by atoms with van der Waals surface area (Å²) < 4.78 is 13.1. The quantitative estimate of drug-likeness (QED) is 0.521. The SMILES string of the molecule is CSc1ccc(/C=C2\C(=O)NC(=O)N(c3ccc(F)cc3)C2=O)cc1. The average Bonchev–Trinajstić information content (AvgIpc) is 2.60. The van der Waals surface area contributed by atoms with Crippen LogP contribution in [0, 0.1) is 5.82 Å². The van der Waals surface area contributed by atoms with E-state index in [2.05, 4.69) is 5.32 Å². The van der Waals surface area contributed by atoms with Crippen LogP contribution < -0.4 is 10.2 Å². The van der Waals surface area contributed by atoms with Crippen molar-refractivity contribution in [2.75, 3.05) is 11.2 Å². The predicted octanol–water partition coefficient (Wildman–Crippen LogP) is 3.21. The number of amides is 4. The molecule has 0 aliphatic carbocycles. The number of carbonyl (C=O) groups is 3. The van der Waals surface area contributed by atoms with Crippen LogP contribution in [0.15, 0.2) is 59.0 Å². The van der Waals surface area contributed by atoms with Gasteiger partial charge in [0.2, 0.25) is 0 Å². The zero-order valence-corrected chi connectivity index (χ0v) is 14.0. The summed E-state index contributed by atoms with van der Waals surface area (Å²) in [4.78, 5) is 38.6. The summed E-state index contributed by atoms with van der Waals surface area (Å²) >= 11 is 1.57. The molecule has 3 rings (SSSR count). The topological polar surface area (TPSA) is 66.5 Å². The number of anilines is 1. The van der Waals surface area contributed by atoms with Gasteiger partial charge in [0.25, 0.3) is 11.8 Å². The monoisotopic (exact) mass is 356 g/mol. The highest BCUT2D eigenvalue weighted by atomic mass is 32.2. The molecule has 0 spiro atoms. The van der Waals surface area contributed by atoms with Crippen LogP contribution in [-0.2, 0) is 9.59 Å². The van der Waals surface area contributed by atoms with E-state index in [1.807, 2.05) is 18.4 Å². The minimum atomic E-state index is -0.864. The van der Waals surface area contributed by atoms with Crippen molar-refractivity contribution in [2.24, 2.45) is 0 Å². The molecule has 25 heavy (non-hydrogen) atoms. The molecular weight excluding hydrogens is 343 g/mol. The number of thioether (sulfide) groups is 1. The normalized spacial score (nSPS) is 16.3. The molecule has 1 N–H and O–H groups in total. The lowest BCUT2D eigenvalue weighted by atomic mass is 10.1. The molecule has 0 saturated carbocycles. The van der Waals surface area contributed by atoms with Crippen LogP contribution in [-0.4, -0.2) is 24.1 Å². The fraction of sp³-hybridized carbons (Fsp3) is 0.0556. The van der Waals surface area contributed by atoms with Crippen LogP contribution in [0.5, 0.6) is 0 Å². The first-order valence-corrected chi connectivity index (χ1v) is 8.53. The molecule has 5 nitrogen and oxygen atoms in total. The smallest absolute Gasteiger partial charge is 0.273 e. The molecule has 1 fully saturated rings. The molecule has 0 radical (unpaired) electrons. The van der Waals surface area contributed by atoms with Gasteiger partial charge in [-0.15, -0.1) is 11.8 Å². The van der Waals surface area contributed by atoms with Crippen molar-refractivity contribution in [3.63, 3.8) is 0 Å². The van der Waals surface area contributed by atoms with Crippen LogP contribution in [0.2, 0.25) is 0 Å². The molecule has 0 unspecified atom stereocenters. The Morgan fingerprint density at radius 1 is 1.00 bits per heavy atom. The summed E-state index contributed by atoms with van der Waals surface area (Å²) in [6.45, 7) is 0. The Hall–Kier alpha value is -2.93. The van der Waals surface area contributed by atoms with Gasteiger partial charge in [0.1, 0.15) is 11.4 Å². The van der Waals surface area contributed by atoms with E-state index in [9.17, 15) is 18.8 Å². The second-order valence-electron chi connectivity index (χ2n) is 5.21. The maximum Gasteiger partial charge on any atom is 0.335 e. The molecule has 1 aliphatic heterocycles. The zero-order valence-electron chi connectivity index (χ0n) is 13.2. The van der Waals surface area contributed by atoms with Gasteiger partial charge in [-0.3, -0.25) is 14.9 Å². The molecule has 0 aromatic heterocycles. The van der Waals surface area contributed by atoms with E-state index in [0.717, 1.165) is 21.9 Å². The van der Waals surface area contributed by atoms with Gasteiger partial charge in [0, 0.05) is 4.90 Å². The third-order valence-corrected chi connectivity index (χ3v) is 4.36. The standard InChI is InChI=1S/C18H13FN2O3S/c1-25-14-8-2-11(3-9-14)10-15-16(22)20-18(24)21(17(15)23)13-6-4-12(19)5-7-13/h2-10H,1H3,(H,20,22,24)/b15-10+. The van der Waals surface area contributed by atoms with Crippen molar-refractivity contribution in [3.8, 4) is 0 Å². The largest absolute Gasteiger partial charge is 0.335 e. The van der Waals surface area contributed by atoms with Crippen molar-refractivity contribution >= 4 is 41.4 Å². The van der Waals surface area contributed by atoms with E-state index < -0.39 is 23.7 Å². The van der Waals surface area contributed by atoms with Crippen LogP contribution in [0.25, 0.3) is 6.08 Å².